The molecule has 0 aliphatic carbocycles. The predicted octanol–water partition coefficient (Wildman–Crippen LogP) is 4.90. The number of nitrogens with one attached hydrogen (secondary N) is 2. The van der Waals surface area contributed by atoms with Crippen LogP contribution in [0.4, 0.5) is 5.82 Å². The van der Waals surface area contributed by atoms with E-state index < -0.39 is 0 Å². The molecule has 158 valence electrons. The lowest BCUT2D eigenvalue weighted by Crippen LogP contribution is -2.13. The molecular weight excluding hydrogens is 394 g/mol. The first-order valence-electron chi connectivity index (χ1n) is 9.87. The Kier molecular flexibility index (Phi) is 5.75. The van der Waals surface area contributed by atoms with Crippen LogP contribution in [0, 0.1) is 0 Å². The number of carbonyl (C=O) groups is 1. The van der Waals surface area contributed by atoms with E-state index in [9.17, 15) is 4.79 Å². The lowest BCUT2D eigenvalue weighted by atomic mass is 10.0. The molecule has 4 aromatic rings. The van der Waals surface area contributed by atoms with Crippen LogP contribution in [0.2, 0.25) is 0 Å². The molecular formula is C24H23N3O4. The fourth-order valence-electron chi connectivity index (χ4n) is 3.39. The van der Waals surface area contributed by atoms with Crippen LogP contribution in [0.1, 0.15) is 17.3 Å². The van der Waals surface area contributed by atoms with Crippen LogP contribution >= 0.6 is 0 Å². The highest BCUT2D eigenvalue weighted by molar-refractivity contribution is 6.09. The minimum Gasteiger partial charge on any atom is -0.497 e. The molecule has 7 nitrogen and oxygen atoms in total. The predicted molar refractivity (Wildman–Crippen MR) is 120 cm³/mol. The van der Waals surface area contributed by atoms with Crippen molar-refractivity contribution in [2.45, 2.75) is 6.92 Å². The molecule has 0 unspecified atom stereocenters. The fourth-order valence-corrected chi connectivity index (χ4v) is 3.39. The van der Waals surface area contributed by atoms with E-state index >= 15 is 0 Å². The average Bonchev–Trinajstić information content (AvgIpc) is 3.20. The summed E-state index contributed by atoms with van der Waals surface area (Å²) < 4.78 is 16.1. The molecule has 4 rings (SSSR count). The second kappa shape index (κ2) is 8.79. The molecule has 1 aromatic heterocycles. The molecule has 2 N–H and O–H groups in total. The lowest BCUT2D eigenvalue weighted by molar-refractivity contribution is 0.102. The number of anilines is 1. The Balaban J connectivity index is 1.60. The van der Waals surface area contributed by atoms with E-state index in [4.69, 9.17) is 14.2 Å². The van der Waals surface area contributed by atoms with Gasteiger partial charge in [0.25, 0.3) is 5.91 Å². The van der Waals surface area contributed by atoms with E-state index in [1.165, 1.54) is 7.11 Å². The van der Waals surface area contributed by atoms with Crippen LogP contribution in [0.15, 0.2) is 60.7 Å². The van der Waals surface area contributed by atoms with E-state index in [1.807, 2.05) is 49.4 Å². The quantitative estimate of drug-likeness (QED) is 0.447. The van der Waals surface area contributed by atoms with Gasteiger partial charge in [0.05, 0.1) is 31.9 Å². The number of fused-ring (bicyclic) bond motifs is 1. The summed E-state index contributed by atoms with van der Waals surface area (Å²) in [7, 11) is 3.07. The fraction of sp³-hybridized carbons (Fsp3) is 0.167. The van der Waals surface area contributed by atoms with Crippen molar-refractivity contribution in [1.29, 1.82) is 0 Å². The number of carbonyl (C=O) groups excluding carboxylic acids is 1. The monoisotopic (exact) mass is 417 g/mol. The normalized spacial score (nSPS) is 10.7. The van der Waals surface area contributed by atoms with Gasteiger partial charge in [-0.2, -0.15) is 5.10 Å². The number of benzene rings is 3. The number of nitrogens with zero attached hydrogens (tertiary/aromatic N) is 1. The third kappa shape index (κ3) is 4.16. The van der Waals surface area contributed by atoms with Crippen molar-refractivity contribution in [3.8, 4) is 28.4 Å². The lowest BCUT2D eigenvalue weighted by Gasteiger charge is -2.10. The number of ether oxygens (including phenoxy) is 3. The topological polar surface area (TPSA) is 85.5 Å². The maximum Gasteiger partial charge on any atom is 0.260 e. The van der Waals surface area contributed by atoms with E-state index in [2.05, 4.69) is 15.5 Å². The van der Waals surface area contributed by atoms with Gasteiger partial charge in [-0.15, -0.1) is 0 Å². The number of methoxy groups -OCH3 is 2. The van der Waals surface area contributed by atoms with Crippen molar-refractivity contribution in [2.24, 2.45) is 0 Å². The molecule has 0 fully saturated rings. The third-order valence-electron chi connectivity index (χ3n) is 4.93. The van der Waals surface area contributed by atoms with Crippen LogP contribution < -0.4 is 19.5 Å². The van der Waals surface area contributed by atoms with Gasteiger partial charge < -0.3 is 19.5 Å². The third-order valence-corrected chi connectivity index (χ3v) is 4.93. The Morgan fingerprint density at radius 3 is 2.58 bits per heavy atom. The molecule has 0 aliphatic heterocycles. The van der Waals surface area contributed by atoms with Crippen molar-refractivity contribution in [3.05, 3.63) is 66.2 Å². The number of amides is 1. The largest absolute Gasteiger partial charge is 0.497 e. The second-order valence-electron chi connectivity index (χ2n) is 6.81. The number of rotatable bonds is 7. The molecule has 0 spiro atoms. The second-order valence-corrected chi connectivity index (χ2v) is 6.81. The summed E-state index contributed by atoms with van der Waals surface area (Å²) in [5, 5.41) is 10.9. The zero-order valence-electron chi connectivity index (χ0n) is 17.6. The Labute approximate surface area is 180 Å². The van der Waals surface area contributed by atoms with Crippen LogP contribution in [0.5, 0.6) is 17.2 Å². The van der Waals surface area contributed by atoms with Crippen LogP contribution in [-0.2, 0) is 0 Å². The van der Waals surface area contributed by atoms with Gasteiger partial charge >= 0.3 is 0 Å². The standard InChI is InChI=1S/C24H23N3O4/c1-4-31-18-7-5-6-15(12-18)16-8-10-19-21(13-16)26-27-23(19)25-24(28)20-11-9-17(29-2)14-22(20)30-3/h5-14H,4H2,1-3H3,(H2,25,26,27,28). The van der Waals surface area contributed by atoms with Crippen LogP contribution in [-0.4, -0.2) is 36.9 Å². The Hall–Kier alpha value is -4.00. The minimum atomic E-state index is -0.318. The average molecular weight is 417 g/mol. The number of hydrogen-bond donors (Lipinski definition) is 2. The number of H-pyrrole nitrogens is 1. The molecule has 0 radical (unpaired) electrons. The van der Waals surface area contributed by atoms with Gasteiger partial charge in [-0.1, -0.05) is 18.2 Å². The number of aromatic amines is 1. The van der Waals surface area contributed by atoms with Gasteiger partial charge in [-0.05, 0) is 54.4 Å². The first kappa shape index (κ1) is 20.3. The van der Waals surface area contributed by atoms with Gasteiger partial charge in [0, 0.05) is 11.5 Å². The maximum absolute atomic E-state index is 12.8. The first-order chi connectivity index (χ1) is 15.1. The number of aromatic nitrogens is 2. The first-order valence-corrected chi connectivity index (χ1v) is 9.87. The summed E-state index contributed by atoms with van der Waals surface area (Å²) in [4.78, 5) is 12.8. The minimum absolute atomic E-state index is 0.318. The van der Waals surface area contributed by atoms with E-state index in [0.717, 1.165) is 27.8 Å². The molecule has 0 saturated carbocycles. The van der Waals surface area contributed by atoms with Crippen molar-refractivity contribution in [2.75, 3.05) is 26.1 Å². The van der Waals surface area contributed by atoms with Crippen molar-refractivity contribution < 1.29 is 19.0 Å². The maximum atomic E-state index is 12.8. The number of hydrogen-bond acceptors (Lipinski definition) is 5. The summed E-state index contributed by atoms with van der Waals surface area (Å²) in [6, 6.07) is 18.9. The highest BCUT2D eigenvalue weighted by Crippen LogP contribution is 2.30. The summed E-state index contributed by atoms with van der Waals surface area (Å²) in [5.41, 5.74) is 3.27. The SMILES string of the molecule is CCOc1cccc(-c2ccc3c(NC(=O)c4ccc(OC)cc4OC)n[nH]c3c2)c1. The molecule has 0 saturated heterocycles. The van der Waals surface area contributed by atoms with Crippen molar-refractivity contribution in [3.63, 3.8) is 0 Å². The molecule has 3 aromatic carbocycles. The molecule has 7 heteroatoms. The highest BCUT2D eigenvalue weighted by Gasteiger charge is 2.16. The molecule has 0 bridgehead atoms. The zero-order valence-corrected chi connectivity index (χ0v) is 17.6. The zero-order chi connectivity index (χ0) is 21.8. The summed E-state index contributed by atoms with van der Waals surface area (Å²) in [6.07, 6.45) is 0. The van der Waals surface area contributed by atoms with Gasteiger partial charge in [0.2, 0.25) is 0 Å². The molecule has 31 heavy (non-hydrogen) atoms. The Morgan fingerprint density at radius 1 is 0.968 bits per heavy atom. The smallest absolute Gasteiger partial charge is 0.260 e. The van der Waals surface area contributed by atoms with Gasteiger partial charge in [0.1, 0.15) is 17.2 Å². The van der Waals surface area contributed by atoms with Gasteiger partial charge in [-0.3, -0.25) is 9.89 Å². The summed E-state index contributed by atoms with van der Waals surface area (Å²) in [5.74, 6) is 1.99. The molecule has 1 amide bonds. The Bertz CT molecular complexity index is 1230. The molecule has 0 aliphatic rings. The van der Waals surface area contributed by atoms with E-state index in [1.54, 1.807) is 25.3 Å². The summed E-state index contributed by atoms with van der Waals surface area (Å²) >= 11 is 0. The Morgan fingerprint density at radius 2 is 1.81 bits per heavy atom. The van der Waals surface area contributed by atoms with E-state index in [0.29, 0.717) is 29.5 Å². The van der Waals surface area contributed by atoms with Crippen molar-refractivity contribution >= 4 is 22.6 Å². The highest BCUT2D eigenvalue weighted by atomic mass is 16.5. The van der Waals surface area contributed by atoms with Crippen LogP contribution in [0.3, 0.4) is 0 Å². The molecule has 1 heterocycles. The van der Waals surface area contributed by atoms with Gasteiger partial charge in [0.15, 0.2) is 5.82 Å². The van der Waals surface area contributed by atoms with E-state index in [-0.39, 0.29) is 5.91 Å². The van der Waals surface area contributed by atoms with Gasteiger partial charge in [-0.25, -0.2) is 0 Å². The van der Waals surface area contributed by atoms with Crippen molar-refractivity contribution in [1.82, 2.24) is 10.2 Å². The van der Waals surface area contributed by atoms with Crippen LogP contribution in [0.25, 0.3) is 22.0 Å². The molecule has 0 atom stereocenters. The summed E-state index contributed by atoms with van der Waals surface area (Å²) in [6.45, 7) is 2.58.